The number of carbonyl (C=O) groups is 1. The predicted molar refractivity (Wildman–Crippen MR) is 84.8 cm³/mol. The topological polar surface area (TPSA) is 42.2 Å². The Balaban J connectivity index is 2.19. The SMILES string of the molecule is Cc1c(C)n(C)c2cc(C3(C(=O)O)CCCCC3)ccc12. The molecule has 1 aromatic carbocycles. The summed E-state index contributed by atoms with van der Waals surface area (Å²) in [7, 11) is 2.06. The van der Waals surface area contributed by atoms with Crippen LogP contribution < -0.4 is 0 Å². The van der Waals surface area contributed by atoms with Crippen LogP contribution in [0.25, 0.3) is 10.9 Å². The summed E-state index contributed by atoms with van der Waals surface area (Å²) in [5.74, 6) is -0.663. The molecule has 0 radical (unpaired) electrons. The lowest BCUT2D eigenvalue weighted by Gasteiger charge is -2.33. The minimum absolute atomic E-state index is 0.663. The van der Waals surface area contributed by atoms with Gasteiger partial charge in [-0.15, -0.1) is 0 Å². The summed E-state index contributed by atoms with van der Waals surface area (Å²) in [4.78, 5) is 12.0. The third-order valence-electron chi connectivity index (χ3n) is 5.48. The quantitative estimate of drug-likeness (QED) is 0.903. The Bertz CT molecular complexity index is 706. The van der Waals surface area contributed by atoms with Crippen LogP contribution in [0.5, 0.6) is 0 Å². The zero-order valence-corrected chi connectivity index (χ0v) is 13.1. The molecule has 1 fully saturated rings. The number of carboxylic acids is 1. The first kappa shape index (κ1) is 14.2. The lowest BCUT2D eigenvalue weighted by molar-refractivity contribution is -0.145. The highest BCUT2D eigenvalue weighted by molar-refractivity contribution is 5.89. The van der Waals surface area contributed by atoms with Crippen molar-refractivity contribution in [1.82, 2.24) is 4.57 Å². The summed E-state index contributed by atoms with van der Waals surface area (Å²) < 4.78 is 2.17. The van der Waals surface area contributed by atoms with E-state index in [1.807, 2.05) is 6.07 Å². The number of aliphatic carboxylic acids is 1. The molecule has 3 heteroatoms. The number of rotatable bonds is 2. The van der Waals surface area contributed by atoms with Gasteiger partial charge in [0, 0.05) is 23.6 Å². The molecule has 3 rings (SSSR count). The maximum Gasteiger partial charge on any atom is 0.314 e. The van der Waals surface area contributed by atoms with E-state index < -0.39 is 11.4 Å². The molecule has 1 aliphatic carbocycles. The van der Waals surface area contributed by atoms with Crippen LogP contribution in [0.3, 0.4) is 0 Å². The number of aromatic nitrogens is 1. The van der Waals surface area contributed by atoms with Crippen LogP contribution in [0.1, 0.15) is 48.9 Å². The van der Waals surface area contributed by atoms with Gasteiger partial charge in [-0.05, 0) is 43.9 Å². The molecule has 0 aliphatic heterocycles. The molecule has 0 atom stereocenters. The van der Waals surface area contributed by atoms with E-state index in [9.17, 15) is 9.90 Å². The fourth-order valence-corrected chi connectivity index (χ4v) is 3.83. The Morgan fingerprint density at radius 1 is 1.19 bits per heavy atom. The van der Waals surface area contributed by atoms with Gasteiger partial charge in [0.15, 0.2) is 0 Å². The first-order valence-electron chi connectivity index (χ1n) is 7.77. The fraction of sp³-hybridized carbons (Fsp3) is 0.500. The second-order valence-corrected chi connectivity index (χ2v) is 6.45. The molecule has 1 aromatic heterocycles. The van der Waals surface area contributed by atoms with Crippen LogP contribution in [-0.2, 0) is 17.3 Å². The monoisotopic (exact) mass is 285 g/mol. The zero-order chi connectivity index (χ0) is 15.2. The molecule has 1 N–H and O–H groups in total. The lowest BCUT2D eigenvalue weighted by Crippen LogP contribution is -2.37. The number of carboxylic acid groups (broad SMARTS) is 1. The van der Waals surface area contributed by atoms with Crippen molar-refractivity contribution in [2.24, 2.45) is 7.05 Å². The molecule has 1 aliphatic rings. The van der Waals surface area contributed by atoms with Crippen molar-refractivity contribution in [1.29, 1.82) is 0 Å². The molecule has 2 aromatic rings. The highest BCUT2D eigenvalue weighted by atomic mass is 16.4. The third kappa shape index (κ3) is 1.98. The van der Waals surface area contributed by atoms with Crippen molar-refractivity contribution in [2.75, 3.05) is 0 Å². The number of benzene rings is 1. The van der Waals surface area contributed by atoms with Gasteiger partial charge in [0.05, 0.1) is 5.41 Å². The third-order valence-corrected chi connectivity index (χ3v) is 5.48. The van der Waals surface area contributed by atoms with E-state index in [-0.39, 0.29) is 0 Å². The van der Waals surface area contributed by atoms with Gasteiger partial charge in [0.2, 0.25) is 0 Å². The molecule has 0 unspecified atom stereocenters. The Labute approximate surface area is 125 Å². The van der Waals surface area contributed by atoms with Gasteiger partial charge in [-0.25, -0.2) is 0 Å². The highest BCUT2D eigenvalue weighted by Gasteiger charge is 2.41. The Hall–Kier alpha value is -1.77. The minimum Gasteiger partial charge on any atom is -0.481 e. The van der Waals surface area contributed by atoms with E-state index in [1.165, 1.54) is 16.6 Å². The summed E-state index contributed by atoms with van der Waals surface area (Å²) in [5, 5.41) is 11.1. The average Bonchev–Trinajstić information content (AvgIpc) is 2.72. The van der Waals surface area contributed by atoms with E-state index in [2.05, 4.69) is 37.6 Å². The standard InChI is InChI=1S/C18H23NO2/c1-12-13(2)19(3)16-11-14(7-8-15(12)16)18(17(20)21)9-5-4-6-10-18/h7-8,11H,4-6,9-10H2,1-3H3,(H,20,21). The number of fused-ring (bicyclic) bond motifs is 1. The molecule has 1 heterocycles. The summed E-state index contributed by atoms with van der Waals surface area (Å²) in [6, 6.07) is 6.25. The molecular weight excluding hydrogens is 262 g/mol. The van der Waals surface area contributed by atoms with Gasteiger partial charge in [-0.1, -0.05) is 31.4 Å². The van der Waals surface area contributed by atoms with Gasteiger partial charge in [0.1, 0.15) is 0 Å². The van der Waals surface area contributed by atoms with Crippen LogP contribution in [0.15, 0.2) is 18.2 Å². The van der Waals surface area contributed by atoms with Crippen molar-refractivity contribution < 1.29 is 9.90 Å². The van der Waals surface area contributed by atoms with Crippen molar-refractivity contribution in [3.63, 3.8) is 0 Å². The molecule has 112 valence electrons. The summed E-state index contributed by atoms with van der Waals surface area (Å²) in [5.41, 5.74) is 3.97. The average molecular weight is 285 g/mol. The van der Waals surface area contributed by atoms with Gasteiger partial charge in [-0.2, -0.15) is 0 Å². The first-order valence-corrected chi connectivity index (χ1v) is 7.77. The fourth-order valence-electron chi connectivity index (χ4n) is 3.83. The molecule has 0 spiro atoms. The molecule has 0 amide bonds. The Morgan fingerprint density at radius 2 is 1.86 bits per heavy atom. The van der Waals surface area contributed by atoms with E-state index in [4.69, 9.17) is 0 Å². The van der Waals surface area contributed by atoms with Crippen molar-refractivity contribution in [3.05, 3.63) is 35.0 Å². The number of hydrogen-bond donors (Lipinski definition) is 1. The van der Waals surface area contributed by atoms with E-state index in [0.29, 0.717) is 0 Å². The van der Waals surface area contributed by atoms with Gasteiger partial charge in [-0.3, -0.25) is 4.79 Å². The van der Waals surface area contributed by atoms with E-state index in [1.54, 1.807) is 0 Å². The van der Waals surface area contributed by atoms with Crippen molar-refractivity contribution in [3.8, 4) is 0 Å². The van der Waals surface area contributed by atoms with Crippen LogP contribution in [-0.4, -0.2) is 15.6 Å². The Kier molecular flexibility index (Phi) is 3.31. The Morgan fingerprint density at radius 3 is 2.48 bits per heavy atom. The van der Waals surface area contributed by atoms with Gasteiger partial charge >= 0.3 is 5.97 Å². The summed E-state index contributed by atoms with van der Waals surface area (Å²) in [6.07, 6.45) is 4.69. The van der Waals surface area contributed by atoms with Crippen LogP contribution in [0.2, 0.25) is 0 Å². The van der Waals surface area contributed by atoms with E-state index in [0.717, 1.165) is 43.2 Å². The van der Waals surface area contributed by atoms with Crippen molar-refractivity contribution >= 4 is 16.9 Å². The van der Waals surface area contributed by atoms with Crippen molar-refractivity contribution in [2.45, 2.75) is 51.4 Å². The molecule has 3 nitrogen and oxygen atoms in total. The molecule has 1 saturated carbocycles. The summed E-state index contributed by atoms with van der Waals surface area (Å²) in [6.45, 7) is 4.24. The molecule has 21 heavy (non-hydrogen) atoms. The number of hydrogen-bond acceptors (Lipinski definition) is 1. The minimum atomic E-state index is -0.682. The summed E-state index contributed by atoms with van der Waals surface area (Å²) >= 11 is 0. The zero-order valence-electron chi connectivity index (χ0n) is 13.1. The smallest absolute Gasteiger partial charge is 0.314 e. The second-order valence-electron chi connectivity index (χ2n) is 6.45. The molecule has 0 bridgehead atoms. The molecular formula is C18H23NO2. The van der Waals surface area contributed by atoms with Crippen LogP contribution in [0.4, 0.5) is 0 Å². The second kappa shape index (κ2) is 4.90. The van der Waals surface area contributed by atoms with Crippen LogP contribution in [0, 0.1) is 13.8 Å². The lowest BCUT2D eigenvalue weighted by atomic mass is 9.69. The largest absolute Gasteiger partial charge is 0.481 e. The predicted octanol–water partition coefficient (Wildman–Crippen LogP) is 4.08. The number of nitrogens with zero attached hydrogens (tertiary/aromatic N) is 1. The first-order chi connectivity index (χ1) is 9.97. The highest BCUT2D eigenvalue weighted by Crippen LogP contribution is 2.41. The van der Waals surface area contributed by atoms with Gasteiger partial charge in [0.25, 0.3) is 0 Å². The maximum atomic E-state index is 12.0. The van der Waals surface area contributed by atoms with Gasteiger partial charge < -0.3 is 9.67 Å². The van der Waals surface area contributed by atoms with E-state index >= 15 is 0 Å². The maximum absolute atomic E-state index is 12.0. The molecule has 0 saturated heterocycles. The normalized spacial score (nSPS) is 18.0. The van der Waals surface area contributed by atoms with Crippen LogP contribution >= 0.6 is 0 Å². The number of aryl methyl sites for hydroxylation is 2.